The molecule has 0 aromatic carbocycles. The maximum absolute atomic E-state index is 5.99. The van der Waals surface area contributed by atoms with Gasteiger partial charge >= 0.3 is 0 Å². The van der Waals surface area contributed by atoms with Gasteiger partial charge in [-0.1, -0.05) is 6.92 Å². The molecule has 110 valence electrons. The fourth-order valence-corrected chi connectivity index (χ4v) is 2.56. The van der Waals surface area contributed by atoms with Crippen LogP contribution in [0.4, 0.5) is 5.82 Å². The zero-order chi connectivity index (χ0) is 14.9. The first-order chi connectivity index (χ1) is 9.47. The Morgan fingerprint density at radius 2 is 2.05 bits per heavy atom. The van der Waals surface area contributed by atoms with Gasteiger partial charge in [0.2, 0.25) is 0 Å². The Morgan fingerprint density at radius 1 is 1.35 bits per heavy atom. The summed E-state index contributed by atoms with van der Waals surface area (Å²) in [5.74, 6) is 0.574. The molecule has 1 atom stereocenters. The van der Waals surface area contributed by atoms with E-state index < -0.39 is 0 Å². The number of aryl methyl sites for hydroxylation is 1. The molecule has 5 heteroatoms. The van der Waals surface area contributed by atoms with Gasteiger partial charge in [-0.05, 0) is 39.8 Å². The molecule has 2 rings (SSSR count). The molecule has 0 aliphatic heterocycles. The van der Waals surface area contributed by atoms with E-state index in [0.29, 0.717) is 11.9 Å². The van der Waals surface area contributed by atoms with Gasteiger partial charge in [0, 0.05) is 24.8 Å². The smallest absolute Gasteiger partial charge is 0.145 e. The predicted octanol–water partition coefficient (Wildman–Crippen LogP) is 2.36. The zero-order valence-electron chi connectivity index (χ0n) is 13.1. The lowest BCUT2D eigenvalue weighted by atomic mass is 10.2. The third-order valence-corrected chi connectivity index (χ3v) is 4.45. The van der Waals surface area contributed by atoms with Crippen molar-refractivity contribution in [2.45, 2.75) is 46.7 Å². The van der Waals surface area contributed by atoms with Gasteiger partial charge in [-0.3, -0.25) is 0 Å². The summed E-state index contributed by atoms with van der Waals surface area (Å²) in [5.41, 5.74) is 9.35. The summed E-state index contributed by atoms with van der Waals surface area (Å²) in [6.45, 7) is 10.6. The molecule has 0 radical (unpaired) electrons. The molecule has 5 nitrogen and oxygen atoms in total. The van der Waals surface area contributed by atoms with Crippen molar-refractivity contribution in [3.05, 3.63) is 17.6 Å². The standard InChI is InChI=1S/C15H25N5/c1-6-10(2)19(5)7-8-20-12(4)11(3)13-14(16)17-9-18-15(13)20/h9-10H,6-8H2,1-5H3,(H2,16,17,18). The van der Waals surface area contributed by atoms with Crippen LogP contribution in [0.1, 0.15) is 31.5 Å². The van der Waals surface area contributed by atoms with Gasteiger partial charge in [0.25, 0.3) is 0 Å². The fourth-order valence-electron chi connectivity index (χ4n) is 2.56. The number of hydrogen-bond acceptors (Lipinski definition) is 4. The van der Waals surface area contributed by atoms with Crippen LogP contribution < -0.4 is 5.73 Å². The first-order valence-electron chi connectivity index (χ1n) is 7.23. The van der Waals surface area contributed by atoms with Crippen LogP contribution in [0.3, 0.4) is 0 Å². The van der Waals surface area contributed by atoms with Gasteiger partial charge in [-0.15, -0.1) is 0 Å². The average Bonchev–Trinajstić information content (AvgIpc) is 2.69. The highest BCUT2D eigenvalue weighted by Gasteiger charge is 2.15. The van der Waals surface area contributed by atoms with Crippen molar-refractivity contribution in [2.75, 3.05) is 19.3 Å². The number of likely N-dealkylation sites (N-methyl/N-ethyl adjacent to an activating group) is 1. The summed E-state index contributed by atoms with van der Waals surface area (Å²) < 4.78 is 2.25. The lowest BCUT2D eigenvalue weighted by molar-refractivity contribution is 0.243. The molecule has 0 spiro atoms. The first kappa shape index (κ1) is 14.8. The Bertz CT molecular complexity index is 602. The van der Waals surface area contributed by atoms with Crippen LogP contribution in [-0.2, 0) is 6.54 Å². The van der Waals surface area contributed by atoms with Gasteiger partial charge in [-0.25, -0.2) is 9.97 Å². The molecule has 0 bridgehead atoms. The monoisotopic (exact) mass is 275 g/mol. The SMILES string of the molecule is CCC(C)N(C)CCn1c(C)c(C)c2c(N)ncnc21. The van der Waals surface area contributed by atoms with E-state index in [9.17, 15) is 0 Å². The van der Waals surface area contributed by atoms with Crippen LogP contribution in [-0.4, -0.2) is 39.1 Å². The highest BCUT2D eigenvalue weighted by Crippen LogP contribution is 2.26. The van der Waals surface area contributed by atoms with E-state index in [1.165, 1.54) is 11.3 Å². The Balaban J connectivity index is 2.31. The summed E-state index contributed by atoms with van der Waals surface area (Å²) >= 11 is 0. The van der Waals surface area contributed by atoms with E-state index >= 15 is 0 Å². The van der Waals surface area contributed by atoms with Crippen LogP contribution in [0.5, 0.6) is 0 Å². The van der Waals surface area contributed by atoms with E-state index in [1.54, 1.807) is 6.33 Å². The van der Waals surface area contributed by atoms with Gasteiger partial charge in [0.1, 0.15) is 17.8 Å². The molecule has 0 saturated heterocycles. The van der Waals surface area contributed by atoms with Gasteiger partial charge < -0.3 is 15.2 Å². The van der Waals surface area contributed by atoms with Gasteiger partial charge in [-0.2, -0.15) is 0 Å². The van der Waals surface area contributed by atoms with Crippen molar-refractivity contribution >= 4 is 16.9 Å². The molecule has 20 heavy (non-hydrogen) atoms. The molecular weight excluding hydrogens is 250 g/mol. The predicted molar refractivity (Wildman–Crippen MR) is 83.8 cm³/mol. The molecule has 2 heterocycles. The summed E-state index contributed by atoms with van der Waals surface area (Å²) in [7, 11) is 2.17. The lowest BCUT2D eigenvalue weighted by Gasteiger charge is -2.24. The van der Waals surface area contributed by atoms with Crippen molar-refractivity contribution in [3.8, 4) is 0 Å². The van der Waals surface area contributed by atoms with E-state index in [-0.39, 0.29) is 0 Å². The number of rotatable bonds is 5. The third kappa shape index (κ3) is 2.50. The number of nitrogens with zero attached hydrogens (tertiary/aromatic N) is 4. The molecule has 0 fully saturated rings. The molecule has 2 aromatic rings. The van der Waals surface area contributed by atoms with Crippen LogP contribution >= 0.6 is 0 Å². The maximum Gasteiger partial charge on any atom is 0.145 e. The van der Waals surface area contributed by atoms with Crippen molar-refractivity contribution in [1.82, 2.24) is 19.4 Å². The van der Waals surface area contributed by atoms with E-state index in [4.69, 9.17) is 5.73 Å². The van der Waals surface area contributed by atoms with Crippen molar-refractivity contribution in [1.29, 1.82) is 0 Å². The lowest BCUT2D eigenvalue weighted by Crippen LogP contribution is -2.31. The minimum Gasteiger partial charge on any atom is -0.383 e. The van der Waals surface area contributed by atoms with Crippen LogP contribution in [0.2, 0.25) is 0 Å². The van der Waals surface area contributed by atoms with E-state index in [1.807, 2.05) is 0 Å². The molecule has 0 saturated carbocycles. The second kappa shape index (κ2) is 5.79. The highest BCUT2D eigenvalue weighted by atomic mass is 15.2. The zero-order valence-corrected chi connectivity index (χ0v) is 13.1. The first-order valence-corrected chi connectivity index (χ1v) is 7.23. The summed E-state index contributed by atoms with van der Waals surface area (Å²) in [6.07, 6.45) is 2.71. The number of aromatic nitrogens is 3. The van der Waals surface area contributed by atoms with Crippen LogP contribution in [0.15, 0.2) is 6.33 Å². The fraction of sp³-hybridized carbons (Fsp3) is 0.600. The Morgan fingerprint density at radius 3 is 2.70 bits per heavy atom. The summed E-state index contributed by atoms with van der Waals surface area (Å²) in [5, 5.41) is 0.996. The van der Waals surface area contributed by atoms with Gasteiger partial charge in [0.15, 0.2) is 0 Å². The van der Waals surface area contributed by atoms with Crippen molar-refractivity contribution < 1.29 is 0 Å². The molecule has 2 aromatic heterocycles. The second-order valence-corrected chi connectivity index (χ2v) is 5.56. The summed E-state index contributed by atoms with van der Waals surface area (Å²) in [4.78, 5) is 10.9. The number of anilines is 1. The molecular formula is C15H25N5. The molecule has 0 aliphatic rings. The largest absolute Gasteiger partial charge is 0.383 e. The van der Waals surface area contributed by atoms with Crippen LogP contribution in [0.25, 0.3) is 11.0 Å². The van der Waals surface area contributed by atoms with Gasteiger partial charge in [0.05, 0.1) is 5.39 Å². The third-order valence-electron chi connectivity index (χ3n) is 4.45. The molecule has 2 N–H and O–H groups in total. The van der Waals surface area contributed by atoms with E-state index in [2.05, 4.69) is 54.2 Å². The molecule has 1 unspecified atom stereocenters. The number of nitrogen functional groups attached to an aromatic ring is 1. The minimum atomic E-state index is 0.574. The Labute approximate surface area is 120 Å². The number of hydrogen-bond donors (Lipinski definition) is 1. The number of nitrogens with two attached hydrogens (primary N) is 1. The maximum atomic E-state index is 5.99. The topological polar surface area (TPSA) is 60.0 Å². The van der Waals surface area contributed by atoms with E-state index in [0.717, 1.165) is 30.5 Å². The average molecular weight is 275 g/mol. The Hall–Kier alpha value is -1.62. The molecule has 0 aliphatic carbocycles. The van der Waals surface area contributed by atoms with Crippen molar-refractivity contribution in [3.63, 3.8) is 0 Å². The number of fused-ring (bicyclic) bond motifs is 1. The minimum absolute atomic E-state index is 0.574. The normalized spacial score (nSPS) is 13.3. The van der Waals surface area contributed by atoms with Crippen molar-refractivity contribution in [2.24, 2.45) is 0 Å². The van der Waals surface area contributed by atoms with Crippen LogP contribution in [0, 0.1) is 13.8 Å². The quantitative estimate of drug-likeness (QED) is 0.910. The Kier molecular flexibility index (Phi) is 4.28. The summed E-state index contributed by atoms with van der Waals surface area (Å²) in [6, 6.07) is 0.595. The second-order valence-electron chi connectivity index (χ2n) is 5.56. The highest BCUT2D eigenvalue weighted by molar-refractivity contribution is 5.90. The molecule has 0 amide bonds.